The number of carbonyl (C=O) groups is 1. The van der Waals surface area contributed by atoms with Crippen LogP contribution in [0.2, 0.25) is 0 Å². The van der Waals surface area contributed by atoms with Gasteiger partial charge in [0.15, 0.2) is 0 Å². The van der Waals surface area contributed by atoms with Crippen molar-refractivity contribution in [2.45, 2.75) is 58.4 Å². The van der Waals surface area contributed by atoms with Crippen LogP contribution < -0.4 is 5.32 Å². The molecule has 1 aliphatic rings. The van der Waals surface area contributed by atoms with Gasteiger partial charge in [-0.3, -0.25) is 0 Å². The lowest BCUT2D eigenvalue weighted by molar-refractivity contribution is 0.0555. The van der Waals surface area contributed by atoms with Crippen molar-refractivity contribution in [3.05, 3.63) is 23.7 Å². The van der Waals surface area contributed by atoms with E-state index in [0.717, 1.165) is 18.7 Å². The first kappa shape index (κ1) is 16.1. The van der Waals surface area contributed by atoms with Crippen LogP contribution in [0.5, 0.6) is 0 Å². The van der Waals surface area contributed by atoms with E-state index in [1.807, 2.05) is 6.07 Å². The molecule has 1 aliphatic carbocycles. The zero-order valence-corrected chi connectivity index (χ0v) is 13.4. The SMILES string of the molecule is CCCNC(c1ccc(C(=O)OC)o1)C1(C)CCCCC1. The van der Waals surface area contributed by atoms with Gasteiger partial charge in [-0.25, -0.2) is 4.79 Å². The molecule has 0 radical (unpaired) electrons. The summed E-state index contributed by atoms with van der Waals surface area (Å²) < 4.78 is 10.5. The van der Waals surface area contributed by atoms with Gasteiger partial charge in [-0.1, -0.05) is 33.1 Å². The van der Waals surface area contributed by atoms with Crippen molar-refractivity contribution < 1.29 is 13.9 Å². The van der Waals surface area contributed by atoms with Crippen LogP contribution in [-0.4, -0.2) is 19.6 Å². The Balaban J connectivity index is 2.22. The number of hydrogen-bond donors (Lipinski definition) is 1. The smallest absolute Gasteiger partial charge is 0.373 e. The molecule has 0 bridgehead atoms. The van der Waals surface area contributed by atoms with Crippen molar-refractivity contribution in [1.29, 1.82) is 0 Å². The topological polar surface area (TPSA) is 51.5 Å². The minimum atomic E-state index is -0.413. The van der Waals surface area contributed by atoms with E-state index < -0.39 is 5.97 Å². The van der Waals surface area contributed by atoms with Crippen molar-refractivity contribution in [2.75, 3.05) is 13.7 Å². The number of hydrogen-bond acceptors (Lipinski definition) is 4. The van der Waals surface area contributed by atoms with E-state index in [1.165, 1.54) is 39.2 Å². The molecular formula is C17H27NO3. The van der Waals surface area contributed by atoms with Gasteiger partial charge < -0.3 is 14.5 Å². The predicted octanol–water partition coefficient (Wildman–Crippen LogP) is 4.08. The fraction of sp³-hybridized carbons (Fsp3) is 0.706. The molecule has 0 spiro atoms. The molecule has 1 N–H and O–H groups in total. The highest BCUT2D eigenvalue weighted by atomic mass is 16.5. The fourth-order valence-electron chi connectivity index (χ4n) is 3.35. The number of esters is 1. The summed E-state index contributed by atoms with van der Waals surface area (Å²) in [7, 11) is 1.37. The maximum atomic E-state index is 11.6. The maximum Gasteiger partial charge on any atom is 0.373 e. The van der Waals surface area contributed by atoms with Gasteiger partial charge in [0.2, 0.25) is 5.76 Å². The molecule has 0 aliphatic heterocycles. The molecule has 0 aromatic carbocycles. The molecule has 1 unspecified atom stereocenters. The van der Waals surface area contributed by atoms with Crippen molar-refractivity contribution in [3.63, 3.8) is 0 Å². The van der Waals surface area contributed by atoms with Gasteiger partial charge in [0, 0.05) is 0 Å². The first-order chi connectivity index (χ1) is 10.1. The molecule has 1 aromatic rings. The van der Waals surface area contributed by atoms with Gasteiger partial charge in [-0.2, -0.15) is 0 Å². The zero-order chi connectivity index (χ0) is 15.3. The Hall–Kier alpha value is -1.29. The number of methoxy groups -OCH3 is 1. The summed E-state index contributed by atoms with van der Waals surface area (Å²) in [4.78, 5) is 11.6. The van der Waals surface area contributed by atoms with E-state index in [1.54, 1.807) is 6.07 Å². The monoisotopic (exact) mass is 293 g/mol. The van der Waals surface area contributed by atoms with Crippen molar-refractivity contribution in [3.8, 4) is 0 Å². The van der Waals surface area contributed by atoms with Gasteiger partial charge in [-0.05, 0) is 43.4 Å². The lowest BCUT2D eigenvalue weighted by Crippen LogP contribution is -2.38. The molecule has 1 fully saturated rings. The van der Waals surface area contributed by atoms with Crippen LogP contribution in [0.4, 0.5) is 0 Å². The highest BCUT2D eigenvalue weighted by molar-refractivity contribution is 5.86. The van der Waals surface area contributed by atoms with Crippen LogP contribution in [0.1, 0.15) is 74.7 Å². The Bertz CT molecular complexity index is 460. The lowest BCUT2D eigenvalue weighted by atomic mass is 9.70. The molecule has 0 saturated heterocycles. The summed E-state index contributed by atoms with van der Waals surface area (Å²) in [5, 5.41) is 3.62. The summed E-state index contributed by atoms with van der Waals surface area (Å²) in [6.07, 6.45) is 7.33. The van der Waals surface area contributed by atoms with E-state index in [-0.39, 0.29) is 17.2 Å². The van der Waals surface area contributed by atoms with Gasteiger partial charge in [0.05, 0.1) is 13.2 Å². The summed E-state index contributed by atoms with van der Waals surface area (Å²) in [6, 6.07) is 3.80. The Morgan fingerprint density at radius 3 is 2.71 bits per heavy atom. The van der Waals surface area contributed by atoms with Crippen molar-refractivity contribution >= 4 is 5.97 Å². The van der Waals surface area contributed by atoms with E-state index in [2.05, 4.69) is 19.2 Å². The number of rotatable bonds is 6. The largest absolute Gasteiger partial charge is 0.463 e. The average Bonchev–Trinajstić information content (AvgIpc) is 2.97. The quantitative estimate of drug-likeness (QED) is 0.803. The molecule has 2 rings (SSSR count). The van der Waals surface area contributed by atoms with Crippen LogP contribution in [0, 0.1) is 5.41 Å². The molecule has 1 saturated carbocycles. The van der Waals surface area contributed by atoms with Gasteiger partial charge in [0.25, 0.3) is 0 Å². The van der Waals surface area contributed by atoms with E-state index in [0.29, 0.717) is 0 Å². The Morgan fingerprint density at radius 1 is 1.38 bits per heavy atom. The van der Waals surface area contributed by atoms with E-state index in [9.17, 15) is 4.79 Å². The summed E-state index contributed by atoms with van der Waals surface area (Å²) in [6.45, 7) is 5.45. The van der Waals surface area contributed by atoms with Crippen LogP contribution in [0.25, 0.3) is 0 Å². The van der Waals surface area contributed by atoms with Gasteiger partial charge in [0.1, 0.15) is 5.76 Å². The minimum absolute atomic E-state index is 0.163. The van der Waals surface area contributed by atoms with Crippen LogP contribution in [0.15, 0.2) is 16.5 Å². The third kappa shape index (κ3) is 3.67. The second kappa shape index (κ2) is 7.12. The Labute approximate surface area is 127 Å². The summed E-state index contributed by atoms with van der Waals surface area (Å²) in [5.41, 5.74) is 0.193. The first-order valence-electron chi connectivity index (χ1n) is 8.02. The Kier molecular flexibility index (Phi) is 5.45. The lowest BCUT2D eigenvalue weighted by Gasteiger charge is -2.40. The van der Waals surface area contributed by atoms with Crippen molar-refractivity contribution in [2.24, 2.45) is 5.41 Å². The highest BCUT2D eigenvalue weighted by Crippen LogP contribution is 2.46. The number of ether oxygens (including phenoxy) is 1. The highest BCUT2D eigenvalue weighted by Gasteiger charge is 2.38. The molecule has 21 heavy (non-hydrogen) atoms. The first-order valence-corrected chi connectivity index (χ1v) is 8.02. The van der Waals surface area contributed by atoms with Crippen LogP contribution >= 0.6 is 0 Å². The minimum Gasteiger partial charge on any atom is -0.463 e. The van der Waals surface area contributed by atoms with Gasteiger partial charge in [-0.15, -0.1) is 0 Å². The summed E-state index contributed by atoms with van der Waals surface area (Å²) >= 11 is 0. The predicted molar refractivity (Wildman–Crippen MR) is 82.3 cm³/mol. The van der Waals surface area contributed by atoms with Gasteiger partial charge >= 0.3 is 5.97 Å². The summed E-state index contributed by atoms with van der Waals surface area (Å²) in [5.74, 6) is 0.729. The zero-order valence-electron chi connectivity index (χ0n) is 13.4. The Morgan fingerprint density at radius 2 is 2.10 bits per heavy atom. The molecule has 4 heteroatoms. The fourth-order valence-corrected chi connectivity index (χ4v) is 3.35. The number of carbonyl (C=O) groups excluding carboxylic acids is 1. The van der Waals surface area contributed by atoms with E-state index >= 15 is 0 Å². The third-order valence-electron chi connectivity index (χ3n) is 4.59. The van der Waals surface area contributed by atoms with Crippen molar-refractivity contribution in [1.82, 2.24) is 5.32 Å². The molecule has 1 atom stereocenters. The normalized spacial score (nSPS) is 19.2. The molecular weight excluding hydrogens is 266 g/mol. The molecule has 1 aromatic heterocycles. The molecule has 0 amide bonds. The van der Waals surface area contributed by atoms with Crippen LogP contribution in [0.3, 0.4) is 0 Å². The second-order valence-electron chi connectivity index (χ2n) is 6.30. The molecule has 118 valence electrons. The molecule has 1 heterocycles. The standard InChI is InChI=1S/C17H27NO3/c1-4-12-18-15(17(2)10-6-5-7-11-17)13-8-9-14(21-13)16(19)20-3/h8-9,15,18H,4-7,10-12H2,1-3H3. The van der Waals surface area contributed by atoms with Crippen LogP contribution in [-0.2, 0) is 4.74 Å². The molecule has 4 nitrogen and oxygen atoms in total. The van der Waals surface area contributed by atoms with E-state index in [4.69, 9.17) is 9.15 Å². The number of nitrogens with one attached hydrogen (secondary N) is 1. The second-order valence-corrected chi connectivity index (χ2v) is 6.30. The third-order valence-corrected chi connectivity index (χ3v) is 4.59. The number of furan rings is 1. The average molecular weight is 293 g/mol. The maximum absolute atomic E-state index is 11.6.